The van der Waals surface area contributed by atoms with Crippen LogP contribution in [0.25, 0.3) is 16.9 Å². The number of piperazine rings is 1. The van der Waals surface area contributed by atoms with Crippen molar-refractivity contribution in [3.63, 3.8) is 0 Å². The van der Waals surface area contributed by atoms with Crippen LogP contribution in [0.5, 0.6) is 0 Å². The maximum Gasteiger partial charge on any atom is 0.296 e. The number of nitrogens with zero attached hydrogens (tertiary/aromatic N) is 8. The molecule has 3 saturated heterocycles. The van der Waals surface area contributed by atoms with Gasteiger partial charge in [0.25, 0.3) is 6.43 Å². The highest BCUT2D eigenvalue weighted by Gasteiger charge is 2.32. The molecule has 6 rings (SSSR count). The fourth-order valence-electron chi connectivity index (χ4n) is 5.47. The van der Waals surface area contributed by atoms with Crippen molar-refractivity contribution in [1.82, 2.24) is 29.5 Å². The van der Waals surface area contributed by atoms with E-state index in [2.05, 4.69) is 19.9 Å². The van der Waals surface area contributed by atoms with Gasteiger partial charge in [0, 0.05) is 51.9 Å². The molecule has 2 aromatic heterocycles. The van der Waals surface area contributed by atoms with E-state index in [1.54, 1.807) is 24.3 Å². The van der Waals surface area contributed by atoms with Crippen LogP contribution in [-0.4, -0.2) is 101 Å². The molecule has 5 heterocycles. The monoisotopic (exact) mass is 512 g/mol. The summed E-state index contributed by atoms with van der Waals surface area (Å²) < 4.78 is 35.2. The first kappa shape index (κ1) is 24.1. The van der Waals surface area contributed by atoms with Crippen molar-refractivity contribution < 1.29 is 18.3 Å². The van der Waals surface area contributed by atoms with Crippen molar-refractivity contribution in [3.8, 4) is 5.82 Å². The molecule has 3 aliphatic rings. The van der Waals surface area contributed by atoms with Gasteiger partial charge in [0.05, 0.1) is 30.3 Å². The first-order valence-corrected chi connectivity index (χ1v) is 12.8. The van der Waals surface area contributed by atoms with Gasteiger partial charge in [-0.15, -0.1) is 0 Å². The Morgan fingerprint density at radius 1 is 0.919 bits per heavy atom. The quantitative estimate of drug-likeness (QED) is 0.462. The lowest BCUT2D eigenvalue weighted by molar-refractivity contribution is -0.119. The van der Waals surface area contributed by atoms with E-state index in [4.69, 9.17) is 14.7 Å². The molecule has 0 bridgehead atoms. The molecule has 12 heteroatoms. The van der Waals surface area contributed by atoms with Crippen LogP contribution >= 0.6 is 0 Å². The molecule has 37 heavy (non-hydrogen) atoms. The number of hydrogen-bond acceptors (Lipinski definition) is 9. The van der Waals surface area contributed by atoms with Crippen molar-refractivity contribution in [2.75, 3.05) is 68.8 Å². The summed E-state index contributed by atoms with van der Waals surface area (Å²) in [5, 5.41) is 4.44. The first-order chi connectivity index (χ1) is 18.1. The normalized spacial score (nSPS) is 21.9. The zero-order valence-corrected chi connectivity index (χ0v) is 20.5. The van der Waals surface area contributed by atoms with Crippen LogP contribution < -0.4 is 9.80 Å². The van der Waals surface area contributed by atoms with Gasteiger partial charge in [-0.05, 0) is 25.0 Å². The lowest BCUT2D eigenvalue weighted by atomic mass is 10.2. The fourth-order valence-corrected chi connectivity index (χ4v) is 5.47. The predicted molar refractivity (Wildman–Crippen MR) is 134 cm³/mol. The molecule has 0 N–H and O–H groups in total. The van der Waals surface area contributed by atoms with Crippen LogP contribution in [0.4, 0.5) is 20.5 Å². The molecule has 3 aliphatic heterocycles. The summed E-state index contributed by atoms with van der Waals surface area (Å²) in [5.74, 6) is 1.23. The van der Waals surface area contributed by atoms with Gasteiger partial charge in [0.2, 0.25) is 5.95 Å². The third-order valence-corrected chi connectivity index (χ3v) is 7.36. The van der Waals surface area contributed by atoms with E-state index in [1.807, 2.05) is 11.0 Å². The minimum atomic E-state index is -2.76. The number of morpholine rings is 1. The maximum atomic E-state index is 14.1. The zero-order chi connectivity index (χ0) is 25.4. The minimum Gasteiger partial charge on any atom is -0.378 e. The number of imidazole rings is 1. The highest BCUT2D eigenvalue weighted by atomic mass is 19.3. The number of aromatic nitrogens is 4. The van der Waals surface area contributed by atoms with Crippen molar-refractivity contribution in [2.45, 2.75) is 25.3 Å². The van der Waals surface area contributed by atoms with Gasteiger partial charge in [-0.25, -0.2) is 23.8 Å². The number of benzene rings is 1. The molecule has 196 valence electrons. The van der Waals surface area contributed by atoms with Crippen LogP contribution in [0.2, 0.25) is 0 Å². The van der Waals surface area contributed by atoms with Crippen LogP contribution in [0.15, 0.2) is 30.3 Å². The number of aldehydes is 1. The summed E-state index contributed by atoms with van der Waals surface area (Å²) in [6.45, 7) is 6.19. The Kier molecular flexibility index (Phi) is 6.70. The smallest absolute Gasteiger partial charge is 0.296 e. The van der Waals surface area contributed by atoms with Gasteiger partial charge in [0.15, 0.2) is 5.82 Å². The molecule has 0 amide bonds. The number of halogens is 2. The van der Waals surface area contributed by atoms with E-state index in [9.17, 15) is 13.6 Å². The fraction of sp³-hybridized carbons (Fsp3) is 0.520. The molecule has 1 aromatic carbocycles. The van der Waals surface area contributed by atoms with Crippen LogP contribution in [0.1, 0.15) is 25.1 Å². The number of hydrogen-bond donors (Lipinski definition) is 0. The zero-order valence-electron chi connectivity index (χ0n) is 20.5. The Morgan fingerprint density at radius 2 is 1.68 bits per heavy atom. The van der Waals surface area contributed by atoms with Crippen molar-refractivity contribution in [3.05, 3.63) is 36.2 Å². The van der Waals surface area contributed by atoms with Crippen LogP contribution in [-0.2, 0) is 9.53 Å². The molecule has 3 fully saturated rings. The number of anilines is 2. The number of fused-ring (bicyclic) bond motifs is 1. The Hall–Kier alpha value is -3.22. The Labute approximate surface area is 213 Å². The molecule has 0 saturated carbocycles. The van der Waals surface area contributed by atoms with Crippen LogP contribution in [0, 0.1) is 0 Å². The average Bonchev–Trinajstić information content (AvgIpc) is 3.58. The molecule has 0 spiro atoms. The van der Waals surface area contributed by atoms with E-state index in [0.29, 0.717) is 68.0 Å². The second kappa shape index (κ2) is 10.3. The molecular formula is C25H30F2N8O2. The van der Waals surface area contributed by atoms with Gasteiger partial charge in [0.1, 0.15) is 17.9 Å². The van der Waals surface area contributed by atoms with E-state index >= 15 is 0 Å². The van der Waals surface area contributed by atoms with Crippen LogP contribution in [0.3, 0.4) is 0 Å². The highest BCUT2D eigenvalue weighted by Crippen LogP contribution is 2.30. The molecule has 1 atom stereocenters. The van der Waals surface area contributed by atoms with Crippen molar-refractivity contribution in [1.29, 1.82) is 0 Å². The summed E-state index contributed by atoms with van der Waals surface area (Å²) in [6, 6.07) is 8.84. The van der Waals surface area contributed by atoms with Crippen molar-refractivity contribution in [2.24, 2.45) is 0 Å². The largest absolute Gasteiger partial charge is 0.378 e. The lowest BCUT2D eigenvalue weighted by Crippen LogP contribution is -2.55. The van der Waals surface area contributed by atoms with Gasteiger partial charge in [-0.1, -0.05) is 12.1 Å². The Balaban J connectivity index is 1.36. The Morgan fingerprint density at radius 3 is 2.43 bits per heavy atom. The van der Waals surface area contributed by atoms with Gasteiger partial charge >= 0.3 is 0 Å². The van der Waals surface area contributed by atoms with E-state index < -0.39 is 6.43 Å². The number of rotatable bonds is 6. The number of hydrazine groups is 1. The molecular weight excluding hydrogens is 482 g/mol. The lowest BCUT2D eigenvalue weighted by Gasteiger charge is -2.41. The first-order valence-electron chi connectivity index (χ1n) is 12.8. The minimum absolute atomic E-state index is 0.0487. The van der Waals surface area contributed by atoms with Gasteiger partial charge in [-0.2, -0.15) is 9.97 Å². The summed E-state index contributed by atoms with van der Waals surface area (Å²) in [4.78, 5) is 29.5. The number of para-hydroxylation sites is 2. The average molecular weight is 513 g/mol. The third-order valence-electron chi connectivity index (χ3n) is 7.36. The molecule has 10 nitrogen and oxygen atoms in total. The second-order valence-corrected chi connectivity index (χ2v) is 9.53. The predicted octanol–water partition coefficient (Wildman–Crippen LogP) is 2.29. The van der Waals surface area contributed by atoms with E-state index in [0.717, 1.165) is 38.8 Å². The Bertz CT molecular complexity index is 1260. The number of alkyl halides is 2. The number of ether oxygens (including phenoxy) is 1. The number of carbonyl (C=O) groups excluding carboxylic acids is 1. The van der Waals surface area contributed by atoms with E-state index in [1.165, 1.54) is 4.57 Å². The maximum absolute atomic E-state index is 14.1. The molecule has 0 unspecified atom stereocenters. The number of carbonyl (C=O) groups is 1. The standard InChI is InChI=1S/C25H30F2N8O2/c26-23(27)24-28-19-5-1-2-6-20(19)35(24)22-16-21(29-25(30-22)32-12-14-37-15-13-32)31-8-10-33(11-9-31)34-7-3-4-18(34)17-36/h1-2,5-6,16-18,23H,3-4,7-15H2/t18-/m0/s1. The van der Waals surface area contributed by atoms with E-state index in [-0.39, 0.29) is 11.9 Å². The van der Waals surface area contributed by atoms with Crippen molar-refractivity contribution >= 4 is 29.1 Å². The third kappa shape index (κ3) is 4.64. The summed E-state index contributed by atoms with van der Waals surface area (Å²) in [5.41, 5.74) is 1.07. The summed E-state index contributed by atoms with van der Waals surface area (Å²) in [7, 11) is 0. The molecule has 0 radical (unpaired) electrons. The van der Waals surface area contributed by atoms with Gasteiger partial charge in [-0.3, -0.25) is 4.57 Å². The SMILES string of the molecule is O=C[C@@H]1CCCN1N1CCN(c2cc(-n3c(C(F)F)nc4ccccc43)nc(N3CCOCC3)n2)CC1. The summed E-state index contributed by atoms with van der Waals surface area (Å²) in [6.07, 6.45) is 0.202. The highest BCUT2D eigenvalue weighted by molar-refractivity contribution is 5.78. The second-order valence-electron chi connectivity index (χ2n) is 9.53. The summed E-state index contributed by atoms with van der Waals surface area (Å²) >= 11 is 0. The molecule has 3 aromatic rings. The topological polar surface area (TPSA) is 82.9 Å². The molecule has 0 aliphatic carbocycles. The van der Waals surface area contributed by atoms with Gasteiger partial charge < -0.3 is 19.3 Å².